The van der Waals surface area contributed by atoms with Crippen molar-refractivity contribution in [2.75, 3.05) is 6.54 Å². The Morgan fingerprint density at radius 3 is 2.25 bits per heavy atom. The summed E-state index contributed by atoms with van der Waals surface area (Å²) in [6.07, 6.45) is 9.43. The van der Waals surface area contributed by atoms with Gasteiger partial charge in [-0.05, 0) is 26.2 Å². The molecule has 0 unspecified atom stereocenters. The molecule has 16 heavy (non-hydrogen) atoms. The smallest absolute Gasteiger partial charge is 0.124 e. The molecule has 1 rings (SSSR count). The third-order valence-electron chi connectivity index (χ3n) is 3.91. The first-order chi connectivity index (χ1) is 7.55. The normalized spacial score (nSPS) is 20.1. The van der Waals surface area contributed by atoms with Crippen LogP contribution in [0.3, 0.4) is 0 Å². The summed E-state index contributed by atoms with van der Waals surface area (Å²) in [7, 11) is -1.42. The van der Waals surface area contributed by atoms with Crippen LogP contribution in [0.5, 0.6) is 0 Å². The van der Waals surface area contributed by atoms with Gasteiger partial charge in [-0.3, -0.25) is 4.99 Å². The summed E-state index contributed by atoms with van der Waals surface area (Å²) in [5, 5.41) is 2.89. The van der Waals surface area contributed by atoms with E-state index in [1.807, 2.05) is 0 Å². The maximum absolute atomic E-state index is 4.90. The second-order valence-corrected chi connectivity index (χ2v) is 10.3. The van der Waals surface area contributed by atoms with Gasteiger partial charge in [0.25, 0.3) is 0 Å². The van der Waals surface area contributed by atoms with E-state index in [0.29, 0.717) is 0 Å². The maximum Gasteiger partial charge on any atom is 0.124 e. The van der Waals surface area contributed by atoms with Gasteiger partial charge >= 0.3 is 0 Å². The van der Waals surface area contributed by atoms with Crippen molar-refractivity contribution in [1.29, 1.82) is 0 Å². The van der Waals surface area contributed by atoms with Crippen LogP contribution in [0.1, 0.15) is 51.9 Å². The topological polar surface area (TPSA) is 12.4 Å². The molecule has 1 aliphatic rings. The first-order valence-electron chi connectivity index (χ1n) is 6.75. The van der Waals surface area contributed by atoms with Gasteiger partial charge in [0.1, 0.15) is 8.07 Å². The van der Waals surface area contributed by atoms with E-state index in [9.17, 15) is 0 Å². The minimum absolute atomic E-state index is 1.05. The summed E-state index contributed by atoms with van der Waals surface area (Å²) >= 11 is 0. The Kier molecular flexibility index (Phi) is 5.46. The fourth-order valence-corrected chi connectivity index (χ4v) is 3.96. The van der Waals surface area contributed by atoms with Crippen molar-refractivity contribution >= 4 is 13.4 Å². The number of hydrogen-bond donors (Lipinski definition) is 0. The van der Waals surface area contributed by atoms with Crippen LogP contribution < -0.4 is 0 Å². The van der Waals surface area contributed by atoms with Gasteiger partial charge < -0.3 is 0 Å². The van der Waals surface area contributed by atoms with Crippen LogP contribution in [0.2, 0.25) is 13.1 Å². The molecule has 0 spiro atoms. The zero-order valence-electron chi connectivity index (χ0n) is 11.3. The highest BCUT2D eigenvalue weighted by molar-refractivity contribution is 7.09. The second-order valence-electron chi connectivity index (χ2n) is 5.61. The molecule has 92 valence electrons. The second kappa shape index (κ2) is 6.38. The fraction of sp³-hybridized carbons (Fsp3) is 0.786. The largest absolute Gasteiger partial charge is 0.298 e. The van der Waals surface area contributed by atoms with E-state index >= 15 is 0 Å². The molecule has 0 atom stereocenters. The van der Waals surface area contributed by atoms with Crippen molar-refractivity contribution in [3.63, 3.8) is 0 Å². The van der Waals surface area contributed by atoms with Gasteiger partial charge in [0, 0.05) is 11.9 Å². The van der Waals surface area contributed by atoms with Gasteiger partial charge in [-0.1, -0.05) is 44.0 Å². The van der Waals surface area contributed by atoms with E-state index in [1.165, 1.54) is 55.5 Å². The maximum atomic E-state index is 4.90. The van der Waals surface area contributed by atoms with Crippen molar-refractivity contribution < 1.29 is 0 Å². The van der Waals surface area contributed by atoms with E-state index in [0.717, 1.165) is 6.54 Å². The Labute approximate surface area is 102 Å². The monoisotopic (exact) mass is 237 g/mol. The summed E-state index contributed by atoms with van der Waals surface area (Å²) in [6.45, 7) is 12.2. The highest BCUT2D eigenvalue weighted by Crippen LogP contribution is 2.20. The van der Waals surface area contributed by atoms with Crippen LogP contribution in [-0.4, -0.2) is 20.0 Å². The Morgan fingerprint density at radius 1 is 1.06 bits per heavy atom. The molecule has 0 N–H and O–H groups in total. The van der Waals surface area contributed by atoms with Crippen LogP contribution in [-0.2, 0) is 0 Å². The standard InChI is InChI=1S/C14H27NSi/c1-13(2)16(3,4)14-11-9-7-5-6-8-10-12-15-14/h1,5-12H2,2-4H3. The lowest BCUT2D eigenvalue weighted by molar-refractivity contribution is 0.597. The summed E-state index contributed by atoms with van der Waals surface area (Å²) in [5.41, 5.74) is 0. The van der Waals surface area contributed by atoms with Crippen LogP contribution in [0, 0.1) is 0 Å². The molecule has 0 saturated heterocycles. The van der Waals surface area contributed by atoms with Crippen molar-refractivity contribution in [2.24, 2.45) is 4.99 Å². The predicted octanol–water partition coefficient (Wildman–Crippen LogP) is 4.53. The molecular formula is C14H27NSi. The van der Waals surface area contributed by atoms with Gasteiger partial charge in [0.2, 0.25) is 0 Å². The minimum atomic E-state index is -1.42. The zero-order valence-corrected chi connectivity index (χ0v) is 12.3. The summed E-state index contributed by atoms with van der Waals surface area (Å²) in [4.78, 5) is 4.90. The Bertz CT molecular complexity index is 266. The van der Waals surface area contributed by atoms with Crippen molar-refractivity contribution in [3.05, 3.63) is 11.8 Å². The van der Waals surface area contributed by atoms with E-state index < -0.39 is 8.07 Å². The highest BCUT2D eigenvalue weighted by atomic mass is 28.3. The van der Waals surface area contributed by atoms with Crippen LogP contribution in [0.25, 0.3) is 0 Å². The van der Waals surface area contributed by atoms with E-state index in [-0.39, 0.29) is 0 Å². The third-order valence-corrected chi connectivity index (χ3v) is 7.90. The quantitative estimate of drug-likeness (QED) is 0.626. The molecule has 1 nitrogen and oxygen atoms in total. The van der Waals surface area contributed by atoms with E-state index in [1.54, 1.807) is 0 Å². The molecule has 0 fully saturated rings. The van der Waals surface area contributed by atoms with E-state index in [4.69, 9.17) is 4.99 Å². The molecule has 0 aliphatic carbocycles. The lowest BCUT2D eigenvalue weighted by Crippen LogP contribution is -2.39. The Morgan fingerprint density at radius 2 is 1.62 bits per heavy atom. The summed E-state index contributed by atoms with van der Waals surface area (Å²) < 4.78 is 0. The summed E-state index contributed by atoms with van der Waals surface area (Å²) in [6, 6.07) is 0. The molecule has 0 bridgehead atoms. The fourth-order valence-electron chi connectivity index (χ4n) is 2.16. The molecule has 0 saturated carbocycles. The molecule has 0 radical (unpaired) electrons. The minimum Gasteiger partial charge on any atom is -0.298 e. The Hall–Kier alpha value is -0.373. The van der Waals surface area contributed by atoms with Crippen molar-refractivity contribution in [1.82, 2.24) is 0 Å². The Balaban J connectivity index is 2.72. The van der Waals surface area contributed by atoms with E-state index in [2.05, 4.69) is 26.6 Å². The van der Waals surface area contributed by atoms with Gasteiger partial charge in [0.05, 0.1) is 0 Å². The SMILES string of the molecule is C=C(C)[Si](C)(C)C1=NCCCCCCCC1. The van der Waals surface area contributed by atoms with Crippen molar-refractivity contribution in [3.8, 4) is 0 Å². The van der Waals surface area contributed by atoms with Gasteiger partial charge in [-0.15, -0.1) is 6.58 Å². The van der Waals surface area contributed by atoms with Gasteiger partial charge in [-0.25, -0.2) is 0 Å². The molecule has 2 heteroatoms. The van der Waals surface area contributed by atoms with Gasteiger partial charge in [-0.2, -0.15) is 0 Å². The molecule has 1 heterocycles. The predicted molar refractivity (Wildman–Crippen MR) is 76.9 cm³/mol. The molecule has 0 aromatic carbocycles. The zero-order chi connectivity index (χ0) is 12.0. The van der Waals surface area contributed by atoms with Crippen molar-refractivity contribution in [2.45, 2.75) is 65.0 Å². The average Bonchev–Trinajstić information content (AvgIpc) is 2.25. The molecule has 0 aromatic rings. The van der Waals surface area contributed by atoms with Crippen LogP contribution in [0.15, 0.2) is 16.8 Å². The number of aliphatic imine (C=N–C) groups is 1. The first-order valence-corrected chi connectivity index (χ1v) is 9.75. The molecular weight excluding hydrogens is 210 g/mol. The van der Waals surface area contributed by atoms with Crippen LogP contribution in [0.4, 0.5) is 0 Å². The number of nitrogens with zero attached hydrogens (tertiary/aromatic N) is 1. The number of allylic oxidation sites excluding steroid dienone is 1. The lowest BCUT2D eigenvalue weighted by atomic mass is 10.1. The average molecular weight is 237 g/mol. The molecule has 0 amide bonds. The summed E-state index contributed by atoms with van der Waals surface area (Å²) in [5.74, 6) is 0. The molecule has 1 aliphatic heterocycles. The lowest BCUT2D eigenvalue weighted by Gasteiger charge is -2.26. The van der Waals surface area contributed by atoms with Crippen LogP contribution >= 0.6 is 0 Å². The van der Waals surface area contributed by atoms with Gasteiger partial charge in [0.15, 0.2) is 0 Å². The number of rotatable bonds is 2. The number of hydrogen-bond acceptors (Lipinski definition) is 1. The third kappa shape index (κ3) is 3.89. The first kappa shape index (κ1) is 13.7. The highest BCUT2D eigenvalue weighted by Gasteiger charge is 2.28. The molecule has 0 aromatic heterocycles.